The van der Waals surface area contributed by atoms with E-state index in [4.69, 9.17) is 12.2 Å². The van der Waals surface area contributed by atoms with Gasteiger partial charge in [-0.3, -0.25) is 10.1 Å². The molecule has 0 aliphatic rings. The van der Waals surface area contributed by atoms with Crippen LogP contribution in [0.5, 0.6) is 0 Å². The second-order valence-electron chi connectivity index (χ2n) is 6.66. The first-order chi connectivity index (χ1) is 14.3. The summed E-state index contributed by atoms with van der Waals surface area (Å²) in [6, 6.07) is 13.8. The van der Waals surface area contributed by atoms with Crippen molar-refractivity contribution in [3.8, 4) is 0 Å². The highest BCUT2D eigenvalue weighted by Crippen LogP contribution is 2.24. The average Bonchev–Trinajstić information content (AvgIpc) is 2.70. The lowest BCUT2D eigenvalue weighted by Gasteiger charge is -2.17. The molecule has 30 heavy (non-hydrogen) atoms. The summed E-state index contributed by atoms with van der Waals surface area (Å²) in [5.74, 6) is -1.05. The van der Waals surface area contributed by atoms with Crippen molar-refractivity contribution in [2.75, 3.05) is 5.32 Å². The van der Waals surface area contributed by atoms with Crippen LogP contribution in [0.1, 0.15) is 16.7 Å². The van der Waals surface area contributed by atoms with E-state index >= 15 is 0 Å². The molecule has 0 fully saturated rings. The lowest BCUT2D eigenvalue weighted by molar-refractivity contribution is -0.578. The highest BCUT2D eigenvalue weighted by Gasteiger charge is 2.21. The Labute approximate surface area is 178 Å². The number of hydrogen-bond acceptors (Lipinski definition) is 4. The van der Waals surface area contributed by atoms with Gasteiger partial charge in [0.15, 0.2) is 17.4 Å². The van der Waals surface area contributed by atoms with E-state index in [0.717, 1.165) is 5.56 Å². The number of nitro benzene ring substituents is 1. The molecule has 0 bridgehead atoms. The standard InChI is InChI=1S/C22H18FN3O3S/c1-14-6-5-11-25(13-14)20(22(30)24-18-8-4-3-7-17(18)23)21(27)16-10-9-15(2)19(12-16)26(28)29/h3-13H,1-2H3,(H-,24,27,30). The van der Waals surface area contributed by atoms with Gasteiger partial charge in [0.25, 0.3) is 5.69 Å². The molecule has 8 heteroatoms. The van der Waals surface area contributed by atoms with Crippen LogP contribution in [-0.2, 0) is 0 Å². The number of halogens is 1. The first-order valence-electron chi connectivity index (χ1n) is 8.99. The molecule has 2 aromatic carbocycles. The molecule has 152 valence electrons. The van der Waals surface area contributed by atoms with E-state index in [2.05, 4.69) is 5.32 Å². The van der Waals surface area contributed by atoms with Gasteiger partial charge in [-0.1, -0.05) is 36.5 Å². The number of para-hydroxylation sites is 1. The van der Waals surface area contributed by atoms with E-state index in [9.17, 15) is 19.6 Å². The summed E-state index contributed by atoms with van der Waals surface area (Å²) in [7, 11) is 0. The fraction of sp³-hybridized carbons (Fsp3) is 0.0909. The Hall–Kier alpha value is -3.65. The van der Waals surface area contributed by atoms with Crippen LogP contribution in [0.25, 0.3) is 11.5 Å². The summed E-state index contributed by atoms with van der Waals surface area (Å²) >= 11 is 5.44. The van der Waals surface area contributed by atoms with E-state index in [1.165, 1.54) is 34.9 Å². The number of thiocarbonyl (C=S) groups is 1. The normalized spacial score (nSPS) is 11.6. The Bertz CT molecular complexity index is 1180. The molecule has 0 aliphatic heterocycles. The van der Waals surface area contributed by atoms with E-state index in [1.807, 2.05) is 13.0 Å². The predicted octanol–water partition coefficient (Wildman–Crippen LogP) is 3.76. The summed E-state index contributed by atoms with van der Waals surface area (Å²) in [5, 5.41) is 27.4. The lowest BCUT2D eigenvalue weighted by Crippen LogP contribution is -2.40. The zero-order valence-electron chi connectivity index (χ0n) is 16.3. The molecule has 1 N–H and O–H groups in total. The van der Waals surface area contributed by atoms with Crippen LogP contribution in [0, 0.1) is 29.8 Å². The molecule has 3 aromatic rings. The van der Waals surface area contributed by atoms with Gasteiger partial charge in [0.2, 0.25) is 5.70 Å². The summed E-state index contributed by atoms with van der Waals surface area (Å²) in [4.78, 5) is 10.7. The summed E-state index contributed by atoms with van der Waals surface area (Å²) in [6.07, 6.45) is 3.34. The molecule has 0 saturated carbocycles. The van der Waals surface area contributed by atoms with Gasteiger partial charge in [-0.15, -0.1) is 0 Å². The number of aromatic nitrogens is 1. The van der Waals surface area contributed by atoms with Crippen LogP contribution < -0.4 is 15.0 Å². The van der Waals surface area contributed by atoms with Gasteiger partial charge < -0.3 is 10.4 Å². The van der Waals surface area contributed by atoms with Crippen LogP contribution in [0.3, 0.4) is 0 Å². The molecule has 1 aromatic heterocycles. The van der Waals surface area contributed by atoms with Crippen molar-refractivity contribution < 1.29 is 19.0 Å². The largest absolute Gasteiger partial charge is 0.867 e. The van der Waals surface area contributed by atoms with Gasteiger partial charge in [-0.2, -0.15) is 4.57 Å². The third kappa shape index (κ3) is 4.49. The minimum absolute atomic E-state index is 0.0103. The third-order valence-electron chi connectivity index (χ3n) is 4.43. The number of nitro groups is 1. The van der Waals surface area contributed by atoms with Gasteiger partial charge >= 0.3 is 0 Å². The number of nitrogens with zero attached hydrogens (tertiary/aromatic N) is 2. The number of pyridine rings is 1. The summed E-state index contributed by atoms with van der Waals surface area (Å²) in [6.45, 7) is 3.44. The highest BCUT2D eigenvalue weighted by molar-refractivity contribution is 7.81. The maximum Gasteiger partial charge on any atom is 0.272 e. The Balaban J connectivity index is 2.16. The SMILES string of the molecule is Cc1ccc[n+](/C(C(=S)Nc2ccccc2F)=C(/[O-])c2ccc(C)c([N+](=O)[O-])c2)c1. The third-order valence-corrected chi connectivity index (χ3v) is 4.72. The van der Waals surface area contributed by atoms with Crippen LogP contribution in [-0.4, -0.2) is 9.91 Å². The van der Waals surface area contributed by atoms with E-state index in [0.29, 0.717) is 5.56 Å². The number of benzene rings is 2. The Morgan fingerprint density at radius 2 is 1.87 bits per heavy atom. The van der Waals surface area contributed by atoms with Crippen molar-refractivity contribution >= 4 is 40.0 Å². The van der Waals surface area contributed by atoms with Crippen molar-refractivity contribution in [1.29, 1.82) is 0 Å². The zero-order valence-corrected chi connectivity index (χ0v) is 17.1. The summed E-state index contributed by atoms with van der Waals surface area (Å²) in [5.41, 5.74) is 1.42. The van der Waals surface area contributed by atoms with Crippen LogP contribution in [0.15, 0.2) is 67.0 Å². The molecule has 0 aliphatic carbocycles. The average molecular weight is 423 g/mol. The quantitative estimate of drug-likeness (QED) is 0.169. The highest BCUT2D eigenvalue weighted by atomic mass is 32.1. The maximum absolute atomic E-state index is 14.1. The van der Waals surface area contributed by atoms with Crippen molar-refractivity contribution in [1.82, 2.24) is 0 Å². The molecule has 0 saturated heterocycles. The predicted molar refractivity (Wildman–Crippen MR) is 115 cm³/mol. The molecule has 0 radical (unpaired) electrons. The van der Waals surface area contributed by atoms with Crippen molar-refractivity contribution in [3.05, 3.63) is 99.6 Å². The number of rotatable bonds is 5. The van der Waals surface area contributed by atoms with Crippen LogP contribution in [0.2, 0.25) is 0 Å². The van der Waals surface area contributed by atoms with Crippen LogP contribution in [0.4, 0.5) is 15.8 Å². The number of hydrogen-bond donors (Lipinski definition) is 1. The first-order valence-corrected chi connectivity index (χ1v) is 9.39. The Kier molecular flexibility index (Phi) is 6.17. The molecule has 1 heterocycles. The number of aryl methyl sites for hydroxylation is 2. The molecule has 0 spiro atoms. The molecule has 3 rings (SSSR count). The second-order valence-corrected chi connectivity index (χ2v) is 7.07. The topological polar surface area (TPSA) is 82.1 Å². The van der Waals surface area contributed by atoms with Crippen LogP contribution >= 0.6 is 12.2 Å². The lowest BCUT2D eigenvalue weighted by atomic mass is 10.1. The van der Waals surface area contributed by atoms with E-state index in [1.54, 1.807) is 37.5 Å². The summed E-state index contributed by atoms with van der Waals surface area (Å²) < 4.78 is 15.6. The molecular weight excluding hydrogens is 405 g/mol. The van der Waals surface area contributed by atoms with Gasteiger partial charge in [0.05, 0.1) is 10.6 Å². The van der Waals surface area contributed by atoms with Gasteiger partial charge in [-0.25, -0.2) is 4.39 Å². The fourth-order valence-electron chi connectivity index (χ4n) is 2.90. The van der Waals surface area contributed by atoms with Gasteiger partial charge in [-0.05, 0) is 43.4 Å². The van der Waals surface area contributed by atoms with E-state index in [-0.39, 0.29) is 27.6 Å². The molecular formula is C22H18FN3O3S. The Morgan fingerprint density at radius 3 is 2.53 bits per heavy atom. The fourth-order valence-corrected chi connectivity index (χ4v) is 3.21. The number of nitrogens with one attached hydrogen (secondary N) is 1. The molecule has 0 amide bonds. The minimum atomic E-state index is -0.540. The Morgan fingerprint density at radius 1 is 1.13 bits per heavy atom. The van der Waals surface area contributed by atoms with Crippen molar-refractivity contribution in [2.24, 2.45) is 0 Å². The first kappa shape index (κ1) is 21.1. The van der Waals surface area contributed by atoms with Gasteiger partial charge in [0, 0.05) is 23.3 Å². The smallest absolute Gasteiger partial charge is 0.272 e. The monoisotopic (exact) mass is 423 g/mol. The molecule has 0 atom stereocenters. The zero-order chi connectivity index (χ0) is 21.8. The second kappa shape index (κ2) is 8.79. The maximum atomic E-state index is 14.1. The van der Waals surface area contributed by atoms with Gasteiger partial charge in [0.1, 0.15) is 5.82 Å². The van der Waals surface area contributed by atoms with E-state index < -0.39 is 16.5 Å². The van der Waals surface area contributed by atoms with Crippen molar-refractivity contribution in [3.63, 3.8) is 0 Å². The molecule has 0 unspecified atom stereocenters. The van der Waals surface area contributed by atoms with Crippen molar-refractivity contribution in [2.45, 2.75) is 13.8 Å². The molecule has 6 nitrogen and oxygen atoms in total. The number of anilines is 1. The minimum Gasteiger partial charge on any atom is -0.867 e.